The van der Waals surface area contributed by atoms with Gasteiger partial charge < -0.3 is 15.4 Å². The summed E-state index contributed by atoms with van der Waals surface area (Å²) in [6, 6.07) is 21.4. The van der Waals surface area contributed by atoms with E-state index in [9.17, 15) is 9.59 Å². The van der Waals surface area contributed by atoms with E-state index >= 15 is 0 Å². The third-order valence-electron chi connectivity index (χ3n) is 4.97. The van der Waals surface area contributed by atoms with E-state index < -0.39 is 0 Å². The zero-order valence-electron chi connectivity index (χ0n) is 17.5. The molecule has 0 saturated carbocycles. The minimum atomic E-state index is -0.191. The molecule has 3 rings (SSSR count). The largest absolute Gasteiger partial charge is 0.493 e. The molecule has 0 aliphatic heterocycles. The summed E-state index contributed by atoms with van der Waals surface area (Å²) < 4.78 is 5.49. The van der Waals surface area contributed by atoms with Crippen molar-refractivity contribution in [1.82, 2.24) is 10.6 Å². The van der Waals surface area contributed by atoms with Crippen LogP contribution in [0.4, 0.5) is 0 Å². The van der Waals surface area contributed by atoms with E-state index in [1.807, 2.05) is 44.2 Å². The number of nitrogens with one attached hydrogen (secondary N) is 2. The van der Waals surface area contributed by atoms with Crippen LogP contribution < -0.4 is 15.4 Å². The average Bonchev–Trinajstić information content (AvgIpc) is 2.76. The van der Waals surface area contributed by atoms with E-state index in [1.165, 1.54) is 0 Å². The number of amides is 2. The van der Waals surface area contributed by atoms with Gasteiger partial charge in [-0.1, -0.05) is 54.6 Å². The number of carbonyl (C=O) groups is 2. The number of carbonyl (C=O) groups excluding carboxylic acids is 2. The average molecular weight is 405 g/mol. The number of hydrogen-bond donors (Lipinski definition) is 2. The van der Waals surface area contributed by atoms with Crippen LogP contribution >= 0.6 is 0 Å². The minimum absolute atomic E-state index is 0.0283. The summed E-state index contributed by atoms with van der Waals surface area (Å²) in [5.41, 5.74) is 1.61. The van der Waals surface area contributed by atoms with Crippen LogP contribution in [0.2, 0.25) is 0 Å². The normalized spacial score (nSPS) is 11.7. The second-order valence-corrected chi connectivity index (χ2v) is 7.15. The Morgan fingerprint density at radius 1 is 0.967 bits per heavy atom. The minimum Gasteiger partial charge on any atom is -0.493 e. The maximum absolute atomic E-state index is 12.4. The first kappa shape index (κ1) is 21.4. The SMILES string of the molecule is CCOc1ccccc1C(=O)NCCCC(=O)N[C@H](C)c1cccc2ccccc12. The lowest BCUT2D eigenvalue weighted by Gasteiger charge is -2.17. The van der Waals surface area contributed by atoms with Crippen molar-refractivity contribution < 1.29 is 14.3 Å². The zero-order valence-corrected chi connectivity index (χ0v) is 17.5. The fraction of sp³-hybridized carbons (Fsp3) is 0.280. The van der Waals surface area contributed by atoms with Crippen LogP contribution in [0.25, 0.3) is 10.8 Å². The molecule has 3 aromatic rings. The highest BCUT2D eigenvalue weighted by atomic mass is 16.5. The van der Waals surface area contributed by atoms with Gasteiger partial charge in [0.05, 0.1) is 18.2 Å². The Balaban J connectivity index is 1.48. The molecule has 5 nitrogen and oxygen atoms in total. The molecule has 0 bridgehead atoms. The Kier molecular flexibility index (Phi) is 7.44. The first-order valence-electron chi connectivity index (χ1n) is 10.4. The van der Waals surface area contributed by atoms with E-state index in [4.69, 9.17) is 4.74 Å². The van der Waals surface area contributed by atoms with Crippen LogP contribution in [0.3, 0.4) is 0 Å². The Labute approximate surface area is 177 Å². The second kappa shape index (κ2) is 10.4. The maximum Gasteiger partial charge on any atom is 0.255 e. The van der Waals surface area contributed by atoms with Gasteiger partial charge in [-0.05, 0) is 48.7 Å². The van der Waals surface area contributed by atoms with E-state index in [0.29, 0.717) is 37.3 Å². The molecule has 2 N–H and O–H groups in total. The molecule has 0 aliphatic carbocycles. The van der Waals surface area contributed by atoms with Crippen molar-refractivity contribution in [3.63, 3.8) is 0 Å². The van der Waals surface area contributed by atoms with Gasteiger partial charge >= 0.3 is 0 Å². The molecule has 0 unspecified atom stereocenters. The summed E-state index contributed by atoms with van der Waals surface area (Å²) in [7, 11) is 0. The molecular weight excluding hydrogens is 376 g/mol. The molecule has 0 radical (unpaired) electrons. The lowest BCUT2D eigenvalue weighted by molar-refractivity contribution is -0.121. The third-order valence-corrected chi connectivity index (χ3v) is 4.97. The maximum atomic E-state index is 12.4. The van der Waals surface area contributed by atoms with Gasteiger partial charge in [-0.3, -0.25) is 9.59 Å². The highest BCUT2D eigenvalue weighted by molar-refractivity contribution is 5.96. The van der Waals surface area contributed by atoms with Crippen LogP contribution in [-0.4, -0.2) is 25.0 Å². The third kappa shape index (κ3) is 5.38. The van der Waals surface area contributed by atoms with Crippen LogP contribution in [0.5, 0.6) is 5.75 Å². The van der Waals surface area contributed by atoms with Crippen molar-refractivity contribution in [3.8, 4) is 5.75 Å². The fourth-order valence-electron chi connectivity index (χ4n) is 3.50. The molecule has 0 fully saturated rings. The lowest BCUT2D eigenvalue weighted by Crippen LogP contribution is -2.29. The second-order valence-electron chi connectivity index (χ2n) is 7.15. The van der Waals surface area contributed by atoms with Gasteiger partial charge in [0.25, 0.3) is 5.91 Å². The molecule has 30 heavy (non-hydrogen) atoms. The standard InChI is InChI=1S/C25H28N2O3/c1-3-30-23-15-7-6-13-22(23)25(29)26-17-9-16-24(28)27-18(2)20-14-8-11-19-10-4-5-12-21(19)20/h4-8,10-15,18H,3,9,16-17H2,1-2H3,(H,26,29)(H,27,28)/t18-/m1/s1. The van der Waals surface area contributed by atoms with Crippen LogP contribution in [0.1, 0.15) is 48.7 Å². The number of benzene rings is 3. The van der Waals surface area contributed by atoms with Gasteiger partial charge in [-0.2, -0.15) is 0 Å². The van der Waals surface area contributed by atoms with Gasteiger partial charge in [-0.25, -0.2) is 0 Å². The first-order valence-corrected chi connectivity index (χ1v) is 10.4. The lowest BCUT2D eigenvalue weighted by atomic mass is 9.99. The molecule has 0 spiro atoms. The fourth-order valence-corrected chi connectivity index (χ4v) is 3.50. The predicted octanol–water partition coefficient (Wildman–Crippen LogP) is 4.63. The summed E-state index contributed by atoms with van der Waals surface area (Å²) in [6.07, 6.45) is 0.916. The van der Waals surface area contributed by atoms with Gasteiger partial charge in [0.2, 0.25) is 5.91 Å². The number of fused-ring (bicyclic) bond motifs is 1. The van der Waals surface area contributed by atoms with E-state index in [0.717, 1.165) is 16.3 Å². The van der Waals surface area contributed by atoms with E-state index in [-0.39, 0.29) is 17.9 Å². The molecule has 3 aromatic carbocycles. The Bertz CT molecular complexity index is 1010. The molecule has 0 heterocycles. The van der Waals surface area contributed by atoms with Crippen molar-refractivity contribution in [3.05, 3.63) is 77.9 Å². The predicted molar refractivity (Wildman–Crippen MR) is 120 cm³/mol. The molecule has 156 valence electrons. The van der Waals surface area contributed by atoms with Crippen molar-refractivity contribution in [2.45, 2.75) is 32.7 Å². The summed E-state index contributed by atoms with van der Waals surface area (Å²) in [4.78, 5) is 24.8. The highest BCUT2D eigenvalue weighted by Crippen LogP contribution is 2.24. The Morgan fingerprint density at radius 2 is 1.70 bits per heavy atom. The molecular formula is C25H28N2O3. The van der Waals surface area contributed by atoms with Gasteiger partial charge in [-0.15, -0.1) is 0 Å². The Hall–Kier alpha value is -3.34. The smallest absolute Gasteiger partial charge is 0.255 e. The van der Waals surface area contributed by atoms with Crippen LogP contribution in [0, 0.1) is 0 Å². The molecule has 0 aromatic heterocycles. The molecule has 5 heteroatoms. The summed E-state index contributed by atoms with van der Waals surface area (Å²) in [6.45, 7) is 4.80. The van der Waals surface area contributed by atoms with Gasteiger partial charge in [0.1, 0.15) is 5.75 Å². The summed E-state index contributed by atoms with van der Waals surface area (Å²) in [5, 5.41) is 8.23. The summed E-state index contributed by atoms with van der Waals surface area (Å²) >= 11 is 0. The summed E-state index contributed by atoms with van der Waals surface area (Å²) in [5.74, 6) is 0.349. The zero-order chi connectivity index (χ0) is 21.3. The topological polar surface area (TPSA) is 67.4 Å². The number of hydrogen-bond acceptors (Lipinski definition) is 3. The molecule has 1 atom stereocenters. The van der Waals surface area contributed by atoms with Crippen LogP contribution in [-0.2, 0) is 4.79 Å². The number of ether oxygens (including phenoxy) is 1. The quantitative estimate of drug-likeness (QED) is 0.511. The van der Waals surface area contributed by atoms with Gasteiger partial charge in [0.15, 0.2) is 0 Å². The molecule has 0 saturated heterocycles. The van der Waals surface area contributed by atoms with E-state index in [2.05, 4.69) is 28.8 Å². The van der Waals surface area contributed by atoms with E-state index in [1.54, 1.807) is 18.2 Å². The highest BCUT2D eigenvalue weighted by Gasteiger charge is 2.13. The van der Waals surface area contributed by atoms with Crippen molar-refractivity contribution in [2.75, 3.05) is 13.2 Å². The van der Waals surface area contributed by atoms with Gasteiger partial charge in [0, 0.05) is 13.0 Å². The number of rotatable bonds is 9. The number of para-hydroxylation sites is 1. The molecule has 0 aliphatic rings. The Morgan fingerprint density at radius 3 is 2.53 bits per heavy atom. The van der Waals surface area contributed by atoms with Crippen molar-refractivity contribution in [2.24, 2.45) is 0 Å². The van der Waals surface area contributed by atoms with Crippen molar-refractivity contribution in [1.29, 1.82) is 0 Å². The van der Waals surface area contributed by atoms with Crippen molar-refractivity contribution >= 4 is 22.6 Å². The van der Waals surface area contributed by atoms with Crippen LogP contribution in [0.15, 0.2) is 66.7 Å². The molecule has 2 amide bonds. The monoisotopic (exact) mass is 404 g/mol. The first-order chi connectivity index (χ1) is 14.6.